The third-order valence-corrected chi connectivity index (χ3v) is 4.45. The number of carbonyl (C=O) groups excluding carboxylic acids is 1. The molecule has 136 valence electrons. The summed E-state index contributed by atoms with van der Waals surface area (Å²) in [4.78, 5) is 12.1. The van der Waals surface area contributed by atoms with Crippen molar-refractivity contribution < 1.29 is 18.1 Å². The molecule has 1 amide bonds. The van der Waals surface area contributed by atoms with Crippen LogP contribution in [0.3, 0.4) is 0 Å². The number of rotatable bonds is 5. The van der Waals surface area contributed by atoms with E-state index in [1.165, 1.54) is 12.1 Å². The molecule has 2 aromatic heterocycles. The van der Waals surface area contributed by atoms with Gasteiger partial charge in [-0.1, -0.05) is 41.0 Å². The number of amides is 1. The molecule has 0 saturated carbocycles. The zero-order valence-corrected chi connectivity index (χ0v) is 14.8. The van der Waals surface area contributed by atoms with Gasteiger partial charge in [0.15, 0.2) is 5.76 Å². The minimum absolute atomic E-state index is 0.147. The average molecular weight is 385 g/mol. The first-order chi connectivity index (χ1) is 13.1. The van der Waals surface area contributed by atoms with Crippen LogP contribution in [0.1, 0.15) is 11.3 Å². The summed E-state index contributed by atoms with van der Waals surface area (Å²) in [6.45, 7) is 0.147. The van der Waals surface area contributed by atoms with E-state index in [2.05, 4.69) is 10.5 Å². The molecule has 0 radical (unpaired) electrons. The van der Waals surface area contributed by atoms with Crippen molar-refractivity contribution in [3.05, 3.63) is 76.7 Å². The molecule has 2 heterocycles. The van der Waals surface area contributed by atoms with E-state index in [1.54, 1.807) is 12.1 Å². The minimum Gasteiger partial charge on any atom is -0.453 e. The first-order valence-electron chi connectivity index (χ1n) is 8.24. The molecule has 2 aromatic carbocycles. The smallest absolute Gasteiger partial charge is 0.224 e. The summed E-state index contributed by atoms with van der Waals surface area (Å²) in [6.07, 6.45) is -0.153. The number of furan rings is 1. The fraction of sp³-hybridized carbons (Fsp3) is 0.100. The Balaban J connectivity index is 1.41. The van der Waals surface area contributed by atoms with Gasteiger partial charge in [-0.25, -0.2) is 4.39 Å². The Hall–Kier alpha value is -3.12. The molecular weight excluding hydrogens is 371 g/mol. The van der Waals surface area contributed by atoms with Crippen LogP contribution in [0.15, 0.2) is 63.5 Å². The number of fused-ring (bicyclic) bond motifs is 1. The Bertz CT molecular complexity index is 1070. The topological polar surface area (TPSA) is 68.3 Å². The number of para-hydroxylation sites is 1. The van der Waals surface area contributed by atoms with Gasteiger partial charge >= 0.3 is 0 Å². The standard InChI is InChI=1S/C20H14ClFN2O3/c21-15-5-3-6-16(22)14(15)10-20(25)23-11-13-9-19(27-24-13)18-8-12-4-1-2-7-17(12)26-18/h1-9H,10-11H2,(H,23,25). The lowest BCUT2D eigenvalue weighted by Crippen LogP contribution is -2.25. The van der Waals surface area contributed by atoms with Gasteiger partial charge in [0, 0.05) is 22.0 Å². The van der Waals surface area contributed by atoms with E-state index in [4.69, 9.17) is 20.5 Å². The van der Waals surface area contributed by atoms with Crippen molar-refractivity contribution in [1.29, 1.82) is 0 Å². The van der Waals surface area contributed by atoms with Crippen molar-refractivity contribution in [3.63, 3.8) is 0 Å². The van der Waals surface area contributed by atoms with Crippen molar-refractivity contribution in [2.45, 2.75) is 13.0 Å². The van der Waals surface area contributed by atoms with Gasteiger partial charge in [0.1, 0.15) is 17.1 Å². The summed E-state index contributed by atoms with van der Waals surface area (Å²) in [5.74, 6) is 0.147. The highest BCUT2D eigenvalue weighted by molar-refractivity contribution is 6.31. The second kappa shape index (κ2) is 7.25. The zero-order chi connectivity index (χ0) is 18.8. The Morgan fingerprint density at radius 3 is 2.78 bits per heavy atom. The molecule has 0 aliphatic rings. The molecule has 0 unspecified atom stereocenters. The second-order valence-electron chi connectivity index (χ2n) is 5.98. The van der Waals surface area contributed by atoms with Crippen molar-refractivity contribution in [1.82, 2.24) is 10.5 Å². The third-order valence-electron chi connectivity index (χ3n) is 4.09. The number of halogens is 2. The molecule has 0 aliphatic carbocycles. The van der Waals surface area contributed by atoms with Crippen LogP contribution in [0, 0.1) is 5.82 Å². The molecule has 4 aromatic rings. The van der Waals surface area contributed by atoms with Gasteiger partial charge < -0.3 is 14.3 Å². The average Bonchev–Trinajstić information content (AvgIpc) is 3.29. The molecule has 0 aliphatic heterocycles. The molecule has 0 fully saturated rings. The summed E-state index contributed by atoms with van der Waals surface area (Å²) in [5, 5.41) is 7.78. The Morgan fingerprint density at radius 1 is 1.11 bits per heavy atom. The van der Waals surface area contributed by atoms with Gasteiger partial charge in [-0.3, -0.25) is 4.79 Å². The number of hydrogen-bond acceptors (Lipinski definition) is 4. The normalized spacial score (nSPS) is 11.0. The van der Waals surface area contributed by atoms with Crippen LogP contribution in [-0.2, 0) is 17.8 Å². The maximum Gasteiger partial charge on any atom is 0.224 e. The van der Waals surface area contributed by atoms with Crippen LogP contribution in [0.4, 0.5) is 4.39 Å². The summed E-state index contributed by atoms with van der Waals surface area (Å²) in [7, 11) is 0. The Labute approximate surface area is 158 Å². The van der Waals surface area contributed by atoms with Crippen LogP contribution in [0.25, 0.3) is 22.5 Å². The monoisotopic (exact) mass is 384 g/mol. The molecular formula is C20H14ClFN2O3. The van der Waals surface area contributed by atoms with E-state index >= 15 is 0 Å². The molecule has 0 spiro atoms. The van der Waals surface area contributed by atoms with Crippen molar-refractivity contribution in [2.75, 3.05) is 0 Å². The van der Waals surface area contributed by atoms with Gasteiger partial charge in [-0.2, -0.15) is 0 Å². The number of benzene rings is 2. The largest absolute Gasteiger partial charge is 0.453 e. The van der Waals surface area contributed by atoms with Gasteiger partial charge in [0.25, 0.3) is 0 Å². The highest BCUT2D eigenvalue weighted by Gasteiger charge is 2.14. The molecule has 0 atom stereocenters. The number of aromatic nitrogens is 1. The summed E-state index contributed by atoms with van der Waals surface area (Å²) in [5.41, 5.74) is 1.44. The number of carbonyl (C=O) groups is 1. The molecule has 0 saturated heterocycles. The molecule has 7 heteroatoms. The third kappa shape index (κ3) is 3.71. The second-order valence-corrected chi connectivity index (χ2v) is 6.39. The SMILES string of the molecule is O=C(Cc1c(F)cccc1Cl)NCc1cc(-c2cc3ccccc3o2)on1. The van der Waals surface area contributed by atoms with E-state index in [9.17, 15) is 9.18 Å². The van der Waals surface area contributed by atoms with E-state index in [0.29, 0.717) is 17.2 Å². The lowest BCUT2D eigenvalue weighted by molar-refractivity contribution is -0.120. The summed E-state index contributed by atoms with van der Waals surface area (Å²) < 4.78 is 24.8. The number of nitrogens with zero attached hydrogens (tertiary/aromatic N) is 1. The van der Waals surface area contributed by atoms with Crippen LogP contribution < -0.4 is 5.32 Å². The molecule has 27 heavy (non-hydrogen) atoms. The van der Waals surface area contributed by atoms with Gasteiger partial charge in [-0.05, 0) is 24.3 Å². The van der Waals surface area contributed by atoms with E-state index < -0.39 is 5.82 Å². The van der Waals surface area contributed by atoms with E-state index in [1.807, 2.05) is 30.3 Å². The van der Waals surface area contributed by atoms with Crippen LogP contribution >= 0.6 is 11.6 Å². The van der Waals surface area contributed by atoms with E-state index in [-0.39, 0.29) is 29.5 Å². The molecule has 1 N–H and O–H groups in total. The lowest BCUT2D eigenvalue weighted by Gasteiger charge is -2.06. The highest BCUT2D eigenvalue weighted by atomic mass is 35.5. The predicted molar refractivity (Wildman–Crippen MR) is 98.7 cm³/mol. The fourth-order valence-corrected chi connectivity index (χ4v) is 2.96. The van der Waals surface area contributed by atoms with Crippen LogP contribution in [-0.4, -0.2) is 11.1 Å². The molecule has 0 bridgehead atoms. The van der Waals surface area contributed by atoms with Crippen molar-refractivity contribution in [2.24, 2.45) is 0 Å². The van der Waals surface area contributed by atoms with Crippen LogP contribution in [0.2, 0.25) is 5.02 Å². The summed E-state index contributed by atoms with van der Waals surface area (Å²) in [6, 6.07) is 15.5. The highest BCUT2D eigenvalue weighted by Crippen LogP contribution is 2.28. The molecule has 5 nitrogen and oxygen atoms in total. The summed E-state index contributed by atoms with van der Waals surface area (Å²) >= 11 is 5.94. The van der Waals surface area contributed by atoms with Crippen LogP contribution in [0.5, 0.6) is 0 Å². The predicted octanol–water partition coefficient (Wildman–Crippen LogP) is 4.74. The van der Waals surface area contributed by atoms with Gasteiger partial charge in [-0.15, -0.1) is 0 Å². The quantitative estimate of drug-likeness (QED) is 0.539. The van der Waals surface area contributed by atoms with Gasteiger partial charge in [0.2, 0.25) is 11.7 Å². The number of hydrogen-bond donors (Lipinski definition) is 1. The van der Waals surface area contributed by atoms with Crippen molar-refractivity contribution in [3.8, 4) is 11.5 Å². The maximum absolute atomic E-state index is 13.8. The lowest BCUT2D eigenvalue weighted by atomic mass is 10.1. The molecule has 4 rings (SSSR count). The fourth-order valence-electron chi connectivity index (χ4n) is 2.73. The minimum atomic E-state index is -0.508. The zero-order valence-electron chi connectivity index (χ0n) is 14.0. The van der Waals surface area contributed by atoms with Crippen molar-refractivity contribution >= 4 is 28.5 Å². The number of nitrogens with one attached hydrogen (secondary N) is 1. The first kappa shape index (κ1) is 17.3. The Morgan fingerprint density at radius 2 is 1.96 bits per heavy atom. The van der Waals surface area contributed by atoms with E-state index in [0.717, 1.165) is 11.0 Å². The maximum atomic E-state index is 13.8. The Kier molecular flexibility index (Phi) is 4.64. The first-order valence-corrected chi connectivity index (χ1v) is 8.62. The van der Waals surface area contributed by atoms with Gasteiger partial charge in [0.05, 0.1) is 13.0 Å².